The zero-order chi connectivity index (χ0) is 13.9. The molecule has 2 heterocycles. The quantitative estimate of drug-likeness (QED) is 0.905. The highest BCUT2D eigenvalue weighted by atomic mass is 16.5. The van der Waals surface area contributed by atoms with Gasteiger partial charge >= 0.3 is 0 Å². The van der Waals surface area contributed by atoms with Crippen LogP contribution in [0.15, 0.2) is 18.3 Å². The zero-order valence-corrected chi connectivity index (χ0v) is 12.4. The number of aromatic nitrogens is 1. The third-order valence-corrected chi connectivity index (χ3v) is 3.88. The van der Waals surface area contributed by atoms with Crippen molar-refractivity contribution in [2.45, 2.75) is 45.3 Å². The second kappa shape index (κ2) is 5.78. The minimum absolute atomic E-state index is 0.176. The molecule has 1 fully saturated rings. The molecule has 0 atom stereocenters. The minimum Gasteiger partial charge on any atom is -0.487 e. The van der Waals surface area contributed by atoms with E-state index in [1.54, 1.807) is 0 Å². The lowest BCUT2D eigenvalue weighted by atomic mass is 9.90. The average Bonchev–Trinajstić information content (AvgIpc) is 2.40. The van der Waals surface area contributed by atoms with Crippen LogP contribution in [0.3, 0.4) is 0 Å². The molecule has 19 heavy (non-hydrogen) atoms. The Kier molecular flexibility index (Phi) is 4.30. The highest BCUT2D eigenvalue weighted by Gasteiger charge is 2.29. The SMILES string of the molecule is CNC1(C)CCN(c2ncccc2OC(C)C)CC1. The van der Waals surface area contributed by atoms with Crippen molar-refractivity contribution in [1.29, 1.82) is 0 Å². The summed E-state index contributed by atoms with van der Waals surface area (Å²) in [5.74, 6) is 1.87. The molecule has 0 saturated carbocycles. The van der Waals surface area contributed by atoms with E-state index in [0.717, 1.165) is 37.5 Å². The maximum atomic E-state index is 5.86. The summed E-state index contributed by atoms with van der Waals surface area (Å²) in [6.45, 7) is 8.41. The van der Waals surface area contributed by atoms with Crippen molar-refractivity contribution in [3.63, 3.8) is 0 Å². The number of rotatable bonds is 4. The molecule has 0 aliphatic carbocycles. The summed E-state index contributed by atoms with van der Waals surface area (Å²) in [4.78, 5) is 6.84. The van der Waals surface area contributed by atoms with Crippen molar-refractivity contribution in [1.82, 2.24) is 10.3 Å². The molecule has 0 amide bonds. The maximum absolute atomic E-state index is 5.86. The highest BCUT2D eigenvalue weighted by Crippen LogP contribution is 2.31. The fraction of sp³-hybridized carbons (Fsp3) is 0.667. The summed E-state index contributed by atoms with van der Waals surface area (Å²) in [6.07, 6.45) is 4.27. The standard InChI is InChI=1S/C15H25N3O/c1-12(2)19-13-6-5-9-17-14(13)18-10-7-15(3,16-4)8-11-18/h5-6,9,12,16H,7-8,10-11H2,1-4H3. The molecule has 1 aromatic heterocycles. The first-order valence-electron chi connectivity index (χ1n) is 7.09. The largest absolute Gasteiger partial charge is 0.487 e. The van der Waals surface area contributed by atoms with Crippen LogP contribution in [0.25, 0.3) is 0 Å². The van der Waals surface area contributed by atoms with Gasteiger partial charge in [-0.2, -0.15) is 0 Å². The Morgan fingerprint density at radius 1 is 1.37 bits per heavy atom. The van der Waals surface area contributed by atoms with Crippen molar-refractivity contribution >= 4 is 5.82 Å². The third-order valence-electron chi connectivity index (χ3n) is 3.88. The molecule has 0 aromatic carbocycles. The highest BCUT2D eigenvalue weighted by molar-refractivity contribution is 5.52. The number of piperidine rings is 1. The average molecular weight is 263 g/mol. The molecule has 4 nitrogen and oxygen atoms in total. The molecule has 2 rings (SSSR count). The van der Waals surface area contributed by atoms with Gasteiger partial charge in [-0.25, -0.2) is 4.98 Å². The van der Waals surface area contributed by atoms with Crippen LogP contribution < -0.4 is 15.0 Å². The zero-order valence-electron chi connectivity index (χ0n) is 12.4. The number of anilines is 1. The lowest BCUT2D eigenvalue weighted by Crippen LogP contribution is -2.50. The minimum atomic E-state index is 0.176. The first-order chi connectivity index (χ1) is 9.04. The van der Waals surface area contributed by atoms with E-state index in [1.165, 1.54) is 0 Å². The lowest BCUT2D eigenvalue weighted by molar-refractivity contribution is 0.240. The van der Waals surface area contributed by atoms with Crippen LogP contribution in [-0.4, -0.2) is 36.8 Å². The molecule has 106 valence electrons. The summed E-state index contributed by atoms with van der Waals surface area (Å²) in [6, 6.07) is 3.94. The van der Waals surface area contributed by atoms with E-state index in [1.807, 2.05) is 39.2 Å². The number of nitrogens with one attached hydrogen (secondary N) is 1. The summed E-state index contributed by atoms with van der Waals surface area (Å²) in [5.41, 5.74) is 0.254. The fourth-order valence-electron chi connectivity index (χ4n) is 2.43. The van der Waals surface area contributed by atoms with Crippen LogP contribution in [0.4, 0.5) is 5.82 Å². The van der Waals surface area contributed by atoms with E-state index in [0.29, 0.717) is 0 Å². The smallest absolute Gasteiger partial charge is 0.171 e. The van der Waals surface area contributed by atoms with Crippen molar-refractivity contribution in [2.24, 2.45) is 0 Å². The van der Waals surface area contributed by atoms with Gasteiger partial charge in [0.2, 0.25) is 0 Å². The van der Waals surface area contributed by atoms with Crippen LogP contribution in [-0.2, 0) is 0 Å². The van der Waals surface area contributed by atoms with Gasteiger partial charge in [-0.3, -0.25) is 0 Å². The van der Waals surface area contributed by atoms with Gasteiger partial charge in [0.1, 0.15) is 0 Å². The fourth-order valence-corrected chi connectivity index (χ4v) is 2.43. The number of hydrogen-bond acceptors (Lipinski definition) is 4. The Hall–Kier alpha value is -1.29. The molecule has 4 heteroatoms. The van der Waals surface area contributed by atoms with Crippen LogP contribution in [0.5, 0.6) is 5.75 Å². The Bertz CT molecular complexity index is 412. The molecule has 1 aliphatic rings. The van der Waals surface area contributed by atoms with Crippen molar-refractivity contribution < 1.29 is 4.74 Å². The van der Waals surface area contributed by atoms with Crippen LogP contribution in [0, 0.1) is 0 Å². The molecular weight excluding hydrogens is 238 g/mol. The lowest BCUT2D eigenvalue weighted by Gasteiger charge is -2.40. The van der Waals surface area contributed by atoms with Gasteiger partial charge in [-0.15, -0.1) is 0 Å². The van der Waals surface area contributed by atoms with E-state index in [2.05, 4.69) is 22.1 Å². The number of pyridine rings is 1. The first-order valence-corrected chi connectivity index (χ1v) is 7.09. The molecule has 0 spiro atoms. The van der Waals surface area contributed by atoms with Crippen LogP contribution >= 0.6 is 0 Å². The molecule has 0 radical (unpaired) electrons. The van der Waals surface area contributed by atoms with Gasteiger partial charge in [0.25, 0.3) is 0 Å². The predicted octanol–water partition coefficient (Wildman–Crippen LogP) is 2.45. The topological polar surface area (TPSA) is 37.4 Å². The summed E-state index contributed by atoms with van der Waals surface area (Å²) in [7, 11) is 2.05. The van der Waals surface area contributed by atoms with Crippen molar-refractivity contribution in [3.8, 4) is 5.75 Å². The van der Waals surface area contributed by atoms with E-state index >= 15 is 0 Å². The van der Waals surface area contributed by atoms with E-state index in [4.69, 9.17) is 4.74 Å². The van der Waals surface area contributed by atoms with Crippen LogP contribution in [0.1, 0.15) is 33.6 Å². The molecule has 1 saturated heterocycles. The molecule has 1 N–H and O–H groups in total. The van der Waals surface area contributed by atoms with E-state index < -0.39 is 0 Å². The predicted molar refractivity (Wildman–Crippen MR) is 78.9 cm³/mol. The molecule has 1 aliphatic heterocycles. The Morgan fingerprint density at radius 2 is 2.05 bits per heavy atom. The first kappa shape index (κ1) is 14.1. The Balaban J connectivity index is 2.11. The number of ether oxygens (including phenoxy) is 1. The Labute approximate surface area is 116 Å². The third kappa shape index (κ3) is 3.38. The maximum Gasteiger partial charge on any atom is 0.171 e. The molecule has 1 aromatic rings. The summed E-state index contributed by atoms with van der Waals surface area (Å²) >= 11 is 0. The van der Waals surface area contributed by atoms with E-state index in [9.17, 15) is 0 Å². The number of hydrogen-bond donors (Lipinski definition) is 1. The summed E-state index contributed by atoms with van der Waals surface area (Å²) < 4.78 is 5.86. The van der Waals surface area contributed by atoms with Gasteiger partial charge < -0.3 is 15.0 Å². The summed E-state index contributed by atoms with van der Waals surface area (Å²) in [5, 5.41) is 3.42. The van der Waals surface area contributed by atoms with E-state index in [-0.39, 0.29) is 11.6 Å². The number of nitrogens with zero attached hydrogens (tertiary/aromatic N) is 2. The van der Waals surface area contributed by atoms with Gasteiger partial charge in [-0.05, 0) is 52.8 Å². The van der Waals surface area contributed by atoms with Crippen molar-refractivity contribution in [2.75, 3.05) is 25.0 Å². The second-order valence-electron chi connectivity index (χ2n) is 5.79. The molecular formula is C15H25N3O. The van der Waals surface area contributed by atoms with Gasteiger partial charge in [0, 0.05) is 24.8 Å². The monoisotopic (exact) mass is 263 g/mol. The van der Waals surface area contributed by atoms with Gasteiger partial charge in [-0.1, -0.05) is 0 Å². The normalized spacial score (nSPS) is 18.7. The molecule has 0 bridgehead atoms. The Morgan fingerprint density at radius 3 is 2.63 bits per heavy atom. The van der Waals surface area contributed by atoms with Gasteiger partial charge in [0.15, 0.2) is 11.6 Å². The van der Waals surface area contributed by atoms with Crippen LogP contribution in [0.2, 0.25) is 0 Å². The van der Waals surface area contributed by atoms with Crippen molar-refractivity contribution in [3.05, 3.63) is 18.3 Å². The second-order valence-corrected chi connectivity index (χ2v) is 5.79. The van der Waals surface area contributed by atoms with Gasteiger partial charge in [0.05, 0.1) is 6.10 Å². The molecule has 0 unspecified atom stereocenters.